The highest BCUT2D eigenvalue weighted by molar-refractivity contribution is 7.91. The molecule has 0 amide bonds. The summed E-state index contributed by atoms with van der Waals surface area (Å²) in [6, 6.07) is 10.8. The monoisotopic (exact) mass is 361 g/mol. The number of hydrogen-bond donors (Lipinski definition) is 1. The van der Waals surface area contributed by atoms with Gasteiger partial charge in [0.15, 0.2) is 9.84 Å². The van der Waals surface area contributed by atoms with Gasteiger partial charge in [0, 0.05) is 12.8 Å². The first-order valence-corrected chi connectivity index (χ1v) is 9.89. The van der Waals surface area contributed by atoms with Gasteiger partial charge in [-0.3, -0.25) is 0 Å². The van der Waals surface area contributed by atoms with Crippen molar-refractivity contribution in [2.45, 2.75) is 30.8 Å². The highest BCUT2D eigenvalue weighted by Crippen LogP contribution is 2.28. The van der Waals surface area contributed by atoms with Crippen molar-refractivity contribution >= 4 is 20.9 Å². The molecule has 5 nitrogen and oxygen atoms in total. The van der Waals surface area contributed by atoms with Crippen LogP contribution in [0, 0.1) is 5.82 Å². The number of fused-ring (bicyclic) bond motifs is 1. The van der Waals surface area contributed by atoms with Crippen LogP contribution in [-0.2, 0) is 16.4 Å². The Hall–Kier alpha value is -2.25. The van der Waals surface area contributed by atoms with E-state index in [-0.39, 0.29) is 16.8 Å². The molecule has 25 heavy (non-hydrogen) atoms. The molecule has 0 unspecified atom stereocenters. The van der Waals surface area contributed by atoms with Crippen LogP contribution < -0.4 is 5.73 Å². The van der Waals surface area contributed by atoms with E-state index in [1.165, 1.54) is 18.4 Å². The summed E-state index contributed by atoms with van der Waals surface area (Å²) in [5, 5.41) is 0. The van der Waals surface area contributed by atoms with Crippen LogP contribution in [-0.4, -0.2) is 24.2 Å². The second kappa shape index (κ2) is 6.57. The molecule has 0 bridgehead atoms. The summed E-state index contributed by atoms with van der Waals surface area (Å²) < 4.78 is 39.5. The van der Waals surface area contributed by atoms with Gasteiger partial charge in [-0.2, -0.15) is 0 Å². The quantitative estimate of drug-likeness (QED) is 0.758. The van der Waals surface area contributed by atoms with Crippen LogP contribution in [0.3, 0.4) is 0 Å². The Kier molecular flexibility index (Phi) is 4.62. The summed E-state index contributed by atoms with van der Waals surface area (Å²) in [5.74, 6) is 0.305. The maximum absolute atomic E-state index is 13.2. The molecule has 0 saturated heterocycles. The van der Waals surface area contributed by atoms with Crippen LogP contribution in [0.2, 0.25) is 0 Å². The number of para-hydroxylation sites is 1. The molecule has 0 saturated carbocycles. The van der Waals surface area contributed by atoms with Crippen LogP contribution in [0.5, 0.6) is 0 Å². The third-order valence-electron chi connectivity index (χ3n) is 4.18. The van der Waals surface area contributed by atoms with Crippen molar-refractivity contribution in [3.63, 3.8) is 0 Å². The van der Waals surface area contributed by atoms with Gasteiger partial charge in [0.2, 0.25) is 0 Å². The lowest BCUT2D eigenvalue weighted by atomic mass is 10.2. The topological polar surface area (TPSA) is 78.0 Å². The number of nitrogens with two attached hydrogens (primary N) is 1. The Labute approximate surface area is 146 Å². The summed E-state index contributed by atoms with van der Waals surface area (Å²) in [6.07, 6.45) is 1.84. The van der Waals surface area contributed by atoms with E-state index in [1.807, 2.05) is 11.5 Å². The van der Waals surface area contributed by atoms with Crippen LogP contribution >= 0.6 is 0 Å². The van der Waals surface area contributed by atoms with E-state index < -0.39 is 9.84 Å². The molecule has 0 radical (unpaired) electrons. The van der Waals surface area contributed by atoms with Gasteiger partial charge >= 0.3 is 0 Å². The first-order chi connectivity index (χ1) is 11.8. The lowest BCUT2D eigenvalue weighted by molar-refractivity contribution is 0.596. The molecule has 0 spiro atoms. The van der Waals surface area contributed by atoms with Crippen LogP contribution in [0.1, 0.15) is 30.8 Å². The lowest BCUT2D eigenvalue weighted by Crippen LogP contribution is -2.17. The predicted octanol–water partition coefficient (Wildman–Crippen LogP) is 3.04. The van der Waals surface area contributed by atoms with Crippen molar-refractivity contribution in [3.05, 3.63) is 59.7 Å². The number of rotatable bonds is 5. The molecule has 1 atom stereocenters. The number of halogens is 1. The molecule has 2 N–H and O–H groups in total. The first-order valence-electron chi connectivity index (χ1n) is 8.00. The maximum atomic E-state index is 13.2. The van der Waals surface area contributed by atoms with Crippen LogP contribution in [0.25, 0.3) is 11.0 Å². The van der Waals surface area contributed by atoms with Gasteiger partial charge in [-0.15, -0.1) is 0 Å². The first kappa shape index (κ1) is 17.6. The molecule has 0 aliphatic carbocycles. The summed E-state index contributed by atoms with van der Waals surface area (Å²) in [7, 11) is -3.43. The summed E-state index contributed by atoms with van der Waals surface area (Å²) >= 11 is 0. The van der Waals surface area contributed by atoms with Crippen molar-refractivity contribution in [2.24, 2.45) is 5.73 Å². The number of benzene rings is 2. The van der Waals surface area contributed by atoms with Crippen molar-refractivity contribution in [2.75, 3.05) is 6.26 Å². The normalized spacial score (nSPS) is 13.3. The van der Waals surface area contributed by atoms with Gasteiger partial charge in [0.25, 0.3) is 0 Å². The highest BCUT2D eigenvalue weighted by atomic mass is 32.2. The molecular formula is C18H20FN3O2S. The van der Waals surface area contributed by atoms with Gasteiger partial charge in [-0.05, 0) is 36.2 Å². The van der Waals surface area contributed by atoms with Crippen LogP contribution in [0.15, 0.2) is 47.4 Å². The van der Waals surface area contributed by atoms with Gasteiger partial charge in [0.1, 0.15) is 11.6 Å². The second-order valence-corrected chi connectivity index (χ2v) is 8.08. The number of hydrogen-bond acceptors (Lipinski definition) is 4. The zero-order chi connectivity index (χ0) is 18.2. The van der Waals surface area contributed by atoms with E-state index in [0.29, 0.717) is 29.8 Å². The van der Waals surface area contributed by atoms with Gasteiger partial charge in [-0.1, -0.05) is 25.1 Å². The minimum Gasteiger partial charge on any atom is -0.321 e. The van der Waals surface area contributed by atoms with E-state index in [2.05, 4.69) is 4.98 Å². The van der Waals surface area contributed by atoms with Gasteiger partial charge in [0.05, 0.1) is 22.0 Å². The van der Waals surface area contributed by atoms with E-state index in [1.54, 1.807) is 30.3 Å². The Balaban J connectivity index is 2.27. The van der Waals surface area contributed by atoms with E-state index in [9.17, 15) is 12.8 Å². The summed E-state index contributed by atoms with van der Waals surface area (Å²) in [6.45, 7) is 2.32. The predicted molar refractivity (Wildman–Crippen MR) is 95.6 cm³/mol. The zero-order valence-electron chi connectivity index (χ0n) is 14.1. The molecule has 132 valence electrons. The third-order valence-corrected chi connectivity index (χ3v) is 5.31. The van der Waals surface area contributed by atoms with Gasteiger partial charge in [-0.25, -0.2) is 17.8 Å². The average Bonchev–Trinajstić information content (AvgIpc) is 2.94. The SMILES string of the molecule is CC[C@H](N)c1nc2cccc(S(C)(=O)=O)c2n1Cc1ccc(F)cc1. The second-order valence-electron chi connectivity index (χ2n) is 6.09. The Morgan fingerprint density at radius 2 is 1.88 bits per heavy atom. The molecule has 1 aromatic heterocycles. The lowest BCUT2D eigenvalue weighted by Gasteiger charge is -2.14. The standard InChI is InChI=1S/C18H20FN3O2S/c1-3-14(20)18-21-15-5-4-6-16(25(2,23)24)17(15)22(18)11-12-7-9-13(19)10-8-12/h4-10,14H,3,11,20H2,1-2H3/t14-/m0/s1. The van der Waals surface area contributed by atoms with Crippen LogP contribution in [0.4, 0.5) is 4.39 Å². The van der Waals surface area contributed by atoms with Crippen molar-refractivity contribution < 1.29 is 12.8 Å². The highest BCUT2D eigenvalue weighted by Gasteiger charge is 2.22. The summed E-state index contributed by atoms with van der Waals surface area (Å²) in [5.41, 5.74) is 8.17. The smallest absolute Gasteiger partial charge is 0.177 e. The summed E-state index contributed by atoms with van der Waals surface area (Å²) in [4.78, 5) is 4.79. The molecular weight excluding hydrogens is 341 g/mol. The van der Waals surface area contributed by atoms with E-state index in [4.69, 9.17) is 5.73 Å². The number of sulfone groups is 1. The fourth-order valence-electron chi connectivity index (χ4n) is 2.87. The zero-order valence-corrected chi connectivity index (χ0v) is 14.9. The van der Waals surface area contributed by atoms with E-state index >= 15 is 0 Å². The molecule has 0 fully saturated rings. The molecule has 2 aromatic carbocycles. The number of imidazole rings is 1. The number of nitrogens with zero attached hydrogens (tertiary/aromatic N) is 2. The molecule has 3 rings (SSSR count). The fraction of sp³-hybridized carbons (Fsp3) is 0.278. The minimum atomic E-state index is -3.43. The fourth-order valence-corrected chi connectivity index (χ4v) is 3.76. The van der Waals surface area contributed by atoms with E-state index in [0.717, 1.165) is 5.56 Å². The maximum Gasteiger partial charge on any atom is 0.177 e. The third kappa shape index (κ3) is 3.43. The Bertz CT molecular complexity index is 1010. The largest absolute Gasteiger partial charge is 0.321 e. The molecule has 7 heteroatoms. The Morgan fingerprint density at radius 3 is 2.48 bits per heavy atom. The Morgan fingerprint density at radius 1 is 1.20 bits per heavy atom. The van der Waals surface area contributed by atoms with Crippen molar-refractivity contribution in [1.82, 2.24) is 9.55 Å². The average molecular weight is 361 g/mol. The molecule has 0 aliphatic rings. The molecule has 1 heterocycles. The molecule has 3 aromatic rings. The van der Waals surface area contributed by atoms with Crippen molar-refractivity contribution in [3.8, 4) is 0 Å². The van der Waals surface area contributed by atoms with Gasteiger partial charge < -0.3 is 10.3 Å². The molecule has 0 aliphatic heterocycles. The number of aromatic nitrogens is 2. The van der Waals surface area contributed by atoms with Crippen molar-refractivity contribution in [1.29, 1.82) is 0 Å². The minimum absolute atomic E-state index is 0.217.